The normalized spacial score (nSPS) is 10.9. The number of nitrogens with one attached hydrogen (secondary N) is 3. The van der Waals surface area contributed by atoms with Crippen LogP contribution in [-0.2, 0) is 19.0 Å². The van der Waals surface area contributed by atoms with Gasteiger partial charge in [0.05, 0.1) is 19.2 Å². The third-order valence-corrected chi connectivity index (χ3v) is 4.86. The van der Waals surface area contributed by atoms with E-state index in [-0.39, 0.29) is 24.5 Å². The highest BCUT2D eigenvalue weighted by Gasteiger charge is 2.20. The molecule has 1 atom stereocenters. The molecule has 0 radical (unpaired) electrons. The van der Waals surface area contributed by atoms with E-state index >= 15 is 0 Å². The third kappa shape index (κ3) is 10.2. The van der Waals surface area contributed by atoms with E-state index in [9.17, 15) is 24.0 Å². The summed E-state index contributed by atoms with van der Waals surface area (Å²) < 4.78 is 13.7. The number of aromatic nitrogens is 2. The summed E-state index contributed by atoms with van der Waals surface area (Å²) in [5.41, 5.74) is 0.962. The van der Waals surface area contributed by atoms with E-state index in [4.69, 9.17) is 0 Å². The Hall–Kier alpha value is -4.84. The lowest BCUT2D eigenvalue weighted by Gasteiger charge is -2.19. The molecule has 0 spiro atoms. The van der Waals surface area contributed by atoms with E-state index in [2.05, 4.69) is 34.8 Å². The molecule has 39 heavy (non-hydrogen) atoms. The molecule has 2 aromatic carbocycles. The number of esters is 1. The summed E-state index contributed by atoms with van der Waals surface area (Å²) in [6.45, 7) is 3.37. The predicted octanol–water partition coefficient (Wildman–Crippen LogP) is 2.37. The van der Waals surface area contributed by atoms with Crippen LogP contribution in [0.4, 0.5) is 4.79 Å². The van der Waals surface area contributed by atoms with E-state index in [1.807, 2.05) is 60.7 Å². The van der Waals surface area contributed by atoms with Crippen LogP contribution in [-0.4, -0.2) is 60.8 Å². The van der Waals surface area contributed by atoms with Crippen LogP contribution in [0, 0.1) is 0 Å². The second-order valence-electron chi connectivity index (χ2n) is 7.75. The van der Waals surface area contributed by atoms with Gasteiger partial charge in [-0.15, -0.1) is 0 Å². The largest absolute Gasteiger partial charge is 0.511 e. The number of benzene rings is 2. The SMILES string of the molecule is CCOC(=O)OC(C)OC(=O)CNC.O=Cc1ncc(C(=O)NC(c2ccccc2)c2ccccc2)c(=O)[nH]1. The molecule has 3 N–H and O–H groups in total. The maximum Gasteiger partial charge on any atom is 0.511 e. The van der Waals surface area contributed by atoms with Gasteiger partial charge < -0.3 is 29.8 Å². The molecule has 0 aliphatic heterocycles. The van der Waals surface area contributed by atoms with Crippen molar-refractivity contribution in [2.75, 3.05) is 20.2 Å². The van der Waals surface area contributed by atoms with Crippen LogP contribution >= 0.6 is 0 Å². The van der Waals surface area contributed by atoms with Gasteiger partial charge in [-0.1, -0.05) is 60.7 Å². The number of hydrogen-bond donors (Lipinski definition) is 3. The molecule has 1 unspecified atom stereocenters. The number of ether oxygens (including phenoxy) is 3. The van der Waals surface area contributed by atoms with Crippen molar-refractivity contribution in [1.82, 2.24) is 20.6 Å². The number of carbonyl (C=O) groups excluding carboxylic acids is 4. The number of amides is 1. The zero-order valence-electron chi connectivity index (χ0n) is 21.7. The van der Waals surface area contributed by atoms with E-state index in [0.717, 1.165) is 17.3 Å². The standard InChI is InChI=1S/C19H15N3O3.C8H15NO5/c23-12-16-20-11-15(18(24)21-16)19(25)22-17(13-7-3-1-4-8-13)14-9-5-2-6-10-14;1-4-12-8(11)14-6(2)13-7(10)5-9-3/h1-12,17H,(H,22,25)(H,20,21,24);6,9H,4-5H2,1-3H3. The van der Waals surface area contributed by atoms with Crippen LogP contribution in [0.25, 0.3) is 0 Å². The first-order valence-electron chi connectivity index (χ1n) is 11.9. The molecule has 12 heteroatoms. The molecule has 0 saturated carbocycles. The summed E-state index contributed by atoms with van der Waals surface area (Å²) in [6, 6.07) is 18.5. The molecular weight excluding hydrogens is 508 g/mol. The van der Waals surface area contributed by atoms with Gasteiger partial charge >= 0.3 is 12.1 Å². The molecule has 0 saturated heterocycles. The predicted molar refractivity (Wildman–Crippen MR) is 140 cm³/mol. The van der Waals surface area contributed by atoms with Gasteiger partial charge in [0.2, 0.25) is 6.29 Å². The quantitative estimate of drug-likeness (QED) is 0.198. The summed E-state index contributed by atoms with van der Waals surface area (Å²) in [7, 11) is 1.61. The molecule has 1 heterocycles. The van der Waals surface area contributed by atoms with Crippen LogP contribution < -0.4 is 16.2 Å². The van der Waals surface area contributed by atoms with Crippen molar-refractivity contribution >= 4 is 24.3 Å². The second kappa shape index (κ2) is 16.1. The Balaban J connectivity index is 0.000000326. The van der Waals surface area contributed by atoms with Gasteiger partial charge in [-0.05, 0) is 25.1 Å². The molecule has 12 nitrogen and oxygen atoms in total. The molecule has 1 aromatic heterocycles. The Labute approximate surface area is 224 Å². The Bertz CT molecular complexity index is 1220. The topological polar surface area (TPSA) is 166 Å². The van der Waals surface area contributed by atoms with Crippen molar-refractivity contribution in [3.63, 3.8) is 0 Å². The number of aromatic amines is 1. The first-order chi connectivity index (χ1) is 18.8. The van der Waals surface area contributed by atoms with Crippen molar-refractivity contribution in [2.45, 2.75) is 26.2 Å². The molecule has 0 aliphatic rings. The van der Waals surface area contributed by atoms with Gasteiger partial charge in [-0.25, -0.2) is 9.78 Å². The first kappa shape index (κ1) is 30.4. The highest BCUT2D eigenvalue weighted by atomic mass is 16.8. The van der Waals surface area contributed by atoms with Crippen LogP contribution in [0.3, 0.4) is 0 Å². The van der Waals surface area contributed by atoms with Crippen LogP contribution in [0.1, 0.15) is 52.0 Å². The number of H-pyrrole nitrogens is 1. The number of hydrogen-bond acceptors (Lipinski definition) is 10. The summed E-state index contributed by atoms with van der Waals surface area (Å²) in [5, 5.41) is 5.46. The Kier molecular flexibility index (Phi) is 12.5. The van der Waals surface area contributed by atoms with E-state index < -0.39 is 35.9 Å². The van der Waals surface area contributed by atoms with Gasteiger partial charge in [-0.2, -0.15) is 0 Å². The van der Waals surface area contributed by atoms with Crippen LogP contribution in [0.2, 0.25) is 0 Å². The van der Waals surface area contributed by atoms with Crippen molar-refractivity contribution in [3.8, 4) is 0 Å². The van der Waals surface area contributed by atoms with Gasteiger partial charge in [0, 0.05) is 13.1 Å². The maximum absolute atomic E-state index is 12.6. The average Bonchev–Trinajstić information content (AvgIpc) is 2.93. The molecule has 0 fully saturated rings. The second-order valence-corrected chi connectivity index (χ2v) is 7.75. The fourth-order valence-electron chi connectivity index (χ4n) is 3.17. The van der Waals surface area contributed by atoms with E-state index in [1.165, 1.54) is 6.92 Å². The lowest BCUT2D eigenvalue weighted by molar-refractivity contribution is -0.166. The monoisotopic (exact) mass is 538 g/mol. The molecular formula is C27H30N4O8. The van der Waals surface area contributed by atoms with Crippen molar-refractivity contribution in [1.29, 1.82) is 0 Å². The first-order valence-corrected chi connectivity index (χ1v) is 11.9. The van der Waals surface area contributed by atoms with Crippen LogP contribution in [0.15, 0.2) is 71.7 Å². The average molecular weight is 539 g/mol. The van der Waals surface area contributed by atoms with Crippen LogP contribution in [0.5, 0.6) is 0 Å². The highest BCUT2D eigenvalue weighted by molar-refractivity contribution is 5.94. The molecule has 0 aliphatic carbocycles. The molecule has 0 bridgehead atoms. The maximum atomic E-state index is 12.6. The third-order valence-electron chi connectivity index (χ3n) is 4.86. The number of nitrogens with zero attached hydrogens (tertiary/aromatic N) is 1. The summed E-state index contributed by atoms with van der Waals surface area (Å²) >= 11 is 0. The lowest BCUT2D eigenvalue weighted by Crippen LogP contribution is -2.34. The number of aldehydes is 1. The zero-order chi connectivity index (χ0) is 28.6. The number of carbonyl (C=O) groups is 4. The van der Waals surface area contributed by atoms with Crippen molar-refractivity contribution in [2.24, 2.45) is 0 Å². The van der Waals surface area contributed by atoms with Gasteiger partial charge in [0.15, 0.2) is 12.1 Å². The fraction of sp³-hybridized carbons (Fsp3) is 0.259. The minimum Gasteiger partial charge on any atom is -0.435 e. The smallest absolute Gasteiger partial charge is 0.435 e. The number of rotatable bonds is 10. The summed E-state index contributed by atoms with van der Waals surface area (Å²) in [5.74, 6) is -1.18. The zero-order valence-corrected chi connectivity index (χ0v) is 21.7. The molecule has 3 aromatic rings. The van der Waals surface area contributed by atoms with Gasteiger partial charge in [0.25, 0.3) is 11.5 Å². The minimum absolute atomic E-state index is 0.0660. The van der Waals surface area contributed by atoms with E-state index in [0.29, 0.717) is 6.29 Å². The highest BCUT2D eigenvalue weighted by Crippen LogP contribution is 2.22. The summed E-state index contributed by atoms with van der Waals surface area (Å²) in [4.78, 5) is 62.8. The molecule has 1 amide bonds. The summed E-state index contributed by atoms with van der Waals surface area (Å²) in [6.07, 6.45) is -0.266. The van der Waals surface area contributed by atoms with Gasteiger partial charge in [0.1, 0.15) is 5.56 Å². The molecule has 3 rings (SSSR count). The Morgan fingerprint density at radius 1 is 1.00 bits per heavy atom. The van der Waals surface area contributed by atoms with Gasteiger partial charge in [-0.3, -0.25) is 19.2 Å². The minimum atomic E-state index is -0.935. The Morgan fingerprint density at radius 3 is 2.08 bits per heavy atom. The molecule has 206 valence electrons. The number of likely N-dealkylation sites (N-methyl/N-ethyl adjacent to an activating group) is 1. The Morgan fingerprint density at radius 2 is 1.59 bits per heavy atom. The van der Waals surface area contributed by atoms with Crippen molar-refractivity contribution in [3.05, 3.63) is 99.7 Å². The fourth-order valence-corrected chi connectivity index (χ4v) is 3.17. The van der Waals surface area contributed by atoms with E-state index in [1.54, 1.807) is 14.0 Å². The lowest BCUT2D eigenvalue weighted by atomic mass is 9.98. The van der Waals surface area contributed by atoms with Crippen molar-refractivity contribution < 1.29 is 33.4 Å².